The highest BCUT2D eigenvalue weighted by atomic mass is 16.7. The van der Waals surface area contributed by atoms with Gasteiger partial charge in [0.1, 0.15) is 11.9 Å². The Labute approximate surface area is 120 Å². The highest BCUT2D eigenvalue weighted by molar-refractivity contribution is 5.66. The zero-order valence-corrected chi connectivity index (χ0v) is 12.9. The Morgan fingerprint density at radius 1 is 1.35 bits per heavy atom. The molecule has 20 heavy (non-hydrogen) atoms. The van der Waals surface area contributed by atoms with Crippen molar-refractivity contribution in [2.75, 3.05) is 26.7 Å². The van der Waals surface area contributed by atoms with Gasteiger partial charge in [-0.15, -0.1) is 0 Å². The Hall–Kier alpha value is -1.14. The average Bonchev–Trinajstić information content (AvgIpc) is 2.31. The monoisotopic (exact) mass is 286 g/mol. The molecule has 1 heterocycles. The van der Waals surface area contributed by atoms with Gasteiger partial charge in [0.2, 0.25) is 0 Å². The average molecular weight is 286 g/mol. The molecule has 1 fully saturated rings. The zero-order chi connectivity index (χ0) is 15.2. The summed E-state index contributed by atoms with van der Waals surface area (Å²) in [5.74, 6) is 0. The fourth-order valence-corrected chi connectivity index (χ4v) is 2.22. The van der Waals surface area contributed by atoms with Crippen LogP contribution < -0.4 is 5.48 Å². The van der Waals surface area contributed by atoms with Gasteiger partial charge in [0.05, 0.1) is 6.61 Å². The lowest BCUT2D eigenvalue weighted by molar-refractivity contribution is -0.113. The molecule has 0 aliphatic carbocycles. The van der Waals surface area contributed by atoms with Gasteiger partial charge >= 0.3 is 6.09 Å². The lowest BCUT2D eigenvalue weighted by Gasteiger charge is -2.39. The number of carbonyl (C=O) groups is 2. The van der Waals surface area contributed by atoms with Gasteiger partial charge in [-0.2, -0.15) is 5.48 Å². The zero-order valence-electron chi connectivity index (χ0n) is 12.9. The van der Waals surface area contributed by atoms with Crippen LogP contribution in [0.15, 0.2) is 0 Å². The molecule has 1 N–H and O–H groups in total. The van der Waals surface area contributed by atoms with Crippen molar-refractivity contribution in [3.63, 3.8) is 0 Å². The third kappa shape index (κ3) is 5.88. The highest BCUT2D eigenvalue weighted by Crippen LogP contribution is 2.33. The van der Waals surface area contributed by atoms with Crippen LogP contribution in [0.25, 0.3) is 0 Å². The van der Waals surface area contributed by atoms with Crippen molar-refractivity contribution in [1.29, 1.82) is 0 Å². The van der Waals surface area contributed by atoms with Gasteiger partial charge in [-0.3, -0.25) is 4.84 Å². The second kappa shape index (κ2) is 7.04. The number of ether oxygens (including phenoxy) is 1. The van der Waals surface area contributed by atoms with Crippen LogP contribution >= 0.6 is 0 Å². The maximum Gasteiger partial charge on any atom is 0.431 e. The smallest absolute Gasteiger partial charge is 0.431 e. The largest absolute Gasteiger partial charge is 0.442 e. The fourth-order valence-electron chi connectivity index (χ4n) is 2.22. The molecule has 0 bridgehead atoms. The van der Waals surface area contributed by atoms with Crippen molar-refractivity contribution in [3.05, 3.63) is 0 Å². The van der Waals surface area contributed by atoms with E-state index < -0.39 is 11.7 Å². The number of amides is 1. The first-order valence-electron chi connectivity index (χ1n) is 6.99. The SMILES string of the molecule is CN1CCC(CC=O)(CONC(=O)OC(C)(C)C)CC1. The maximum atomic E-state index is 11.5. The Bertz CT molecular complexity index is 331. The Morgan fingerprint density at radius 3 is 2.45 bits per heavy atom. The Balaban J connectivity index is 2.40. The van der Waals surface area contributed by atoms with Crippen LogP contribution in [0.5, 0.6) is 0 Å². The van der Waals surface area contributed by atoms with Crippen LogP contribution in [-0.2, 0) is 14.4 Å². The number of likely N-dealkylation sites (tertiary alicyclic amines) is 1. The number of nitrogens with one attached hydrogen (secondary N) is 1. The van der Waals surface area contributed by atoms with Gasteiger partial charge in [0.15, 0.2) is 0 Å². The van der Waals surface area contributed by atoms with E-state index in [1.54, 1.807) is 20.8 Å². The fraction of sp³-hybridized carbons (Fsp3) is 0.857. The van der Waals surface area contributed by atoms with Gasteiger partial charge in [0.25, 0.3) is 0 Å². The van der Waals surface area contributed by atoms with E-state index in [-0.39, 0.29) is 5.41 Å². The van der Waals surface area contributed by atoms with Crippen molar-refractivity contribution in [2.45, 2.75) is 45.6 Å². The first-order chi connectivity index (χ1) is 9.26. The van der Waals surface area contributed by atoms with E-state index in [0.717, 1.165) is 32.2 Å². The number of hydrogen-bond donors (Lipinski definition) is 1. The van der Waals surface area contributed by atoms with Gasteiger partial charge in [-0.05, 0) is 53.8 Å². The topological polar surface area (TPSA) is 67.9 Å². The predicted molar refractivity (Wildman–Crippen MR) is 75.2 cm³/mol. The molecule has 0 radical (unpaired) electrons. The van der Waals surface area contributed by atoms with Gasteiger partial charge in [0, 0.05) is 11.8 Å². The molecule has 6 heteroatoms. The molecule has 1 saturated heterocycles. The lowest BCUT2D eigenvalue weighted by Crippen LogP contribution is -2.43. The van der Waals surface area contributed by atoms with E-state index in [0.29, 0.717) is 13.0 Å². The number of piperidine rings is 1. The van der Waals surface area contributed by atoms with E-state index in [2.05, 4.69) is 17.4 Å². The first kappa shape index (κ1) is 16.9. The number of nitrogens with zero attached hydrogens (tertiary/aromatic N) is 1. The minimum absolute atomic E-state index is 0.177. The van der Waals surface area contributed by atoms with Crippen LogP contribution in [0.4, 0.5) is 4.79 Å². The minimum atomic E-state index is -0.605. The molecule has 0 aromatic rings. The summed E-state index contributed by atoms with van der Waals surface area (Å²) >= 11 is 0. The summed E-state index contributed by atoms with van der Waals surface area (Å²) < 4.78 is 5.08. The van der Waals surface area contributed by atoms with Gasteiger partial charge in [-0.25, -0.2) is 4.79 Å². The standard InChI is InChI=1S/C14H26N2O4/c1-13(2,3)20-12(18)15-19-11-14(7-10-17)5-8-16(4)9-6-14/h10H,5-9,11H2,1-4H3,(H,15,18). The van der Waals surface area contributed by atoms with Crippen molar-refractivity contribution in [1.82, 2.24) is 10.4 Å². The van der Waals surface area contributed by atoms with Crippen molar-refractivity contribution < 1.29 is 19.2 Å². The number of aldehydes is 1. The van der Waals surface area contributed by atoms with Gasteiger partial charge < -0.3 is 14.4 Å². The Morgan fingerprint density at radius 2 is 1.95 bits per heavy atom. The Kier molecular flexibility index (Phi) is 5.95. The van der Waals surface area contributed by atoms with Crippen LogP contribution in [0.1, 0.15) is 40.0 Å². The van der Waals surface area contributed by atoms with E-state index in [9.17, 15) is 9.59 Å². The summed E-state index contributed by atoms with van der Waals surface area (Å²) in [5, 5.41) is 0. The van der Waals surface area contributed by atoms with E-state index in [1.807, 2.05) is 0 Å². The number of rotatable bonds is 5. The predicted octanol–water partition coefficient (Wildman–Crippen LogP) is 1.74. The van der Waals surface area contributed by atoms with Crippen LogP contribution in [-0.4, -0.2) is 49.6 Å². The normalized spacial score (nSPS) is 19.4. The summed E-state index contributed by atoms with van der Waals surface area (Å²) in [6.45, 7) is 7.57. The highest BCUT2D eigenvalue weighted by Gasteiger charge is 2.34. The molecule has 116 valence electrons. The summed E-state index contributed by atoms with van der Waals surface area (Å²) in [7, 11) is 2.06. The molecular weight excluding hydrogens is 260 g/mol. The van der Waals surface area contributed by atoms with Crippen molar-refractivity contribution >= 4 is 12.4 Å². The summed E-state index contributed by atoms with van der Waals surface area (Å²) in [6, 6.07) is 0. The van der Waals surface area contributed by atoms with E-state index >= 15 is 0 Å². The molecule has 0 atom stereocenters. The van der Waals surface area contributed by atoms with Crippen LogP contribution in [0.3, 0.4) is 0 Å². The quantitative estimate of drug-likeness (QED) is 0.616. The number of carbonyl (C=O) groups excluding carboxylic acids is 2. The van der Waals surface area contributed by atoms with E-state index in [4.69, 9.17) is 9.57 Å². The third-order valence-corrected chi connectivity index (χ3v) is 3.50. The van der Waals surface area contributed by atoms with Crippen molar-refractivity contribution in [3.8, 4) is 0 Å². The molecule has 0 unspecified atom stereocenters. The molecule has 1 amide bonds. The van der Waals surface area contributed by atoms with Gasteiger partial charge in [-0.1, -0.05) is 0 Å². The molecule has 0 aromatic carbocycles. The molecule has 1 aliphatic rings. The van der Waals surface area contributed by atoms with Crippen molar-refractivity contribution in [2.24, 2.45) is 5.41 Å². The molecular formula is C14H26N2O4. The van der Waals surface area contributed by atoms with Crippen LogP contribution in [0, 0.1) is 5.41 Å². The molecule has 1 rings (SSSR count). The second-order valence-electron chi connectivity index (χ2n) is 6.57. The second-order valence-corrected chi connectivity index (χ2v) is 6.57. The minimum Gasteiger partial charge on any atom is -0.442 e. The summed E-state index contributed by atoms with van der Waals surface area (Å²) in [6.07, 6.45) is 2.56. The molecule has 6 nitrogen and oxygen atoms in total. The first-order valence-corrected chi connectivity index (χ1v) is 6.99. The summed E-state index contributed by atoms with van der Waals surface area (Å²) in [4.78, 5) is 29.8. The van der Waals surface area contributed by atoms with E-state index in [1.165, 1.54) is 0 Å². The summed E-state index contributed by atoms with van der Waals surface area (Å²) in [5.41, 5.74) is 1.56. The maximum absolute atomic E-state index is 11.5. The third-order valence-electron chi connectivity index (χ3n) is 3.50. The number of hydrogen-bond acceptors (Lipinski definition) is 5. The number of hydroxylamine groups is 1. The molecule has 0 saturated carbocycles. The molecule has 0 spiro atoms. The lowest BCUT2D eigenvalue weighted by atomic mass is 9.77. The van der Waals surface area contributed by atoms with Crippen LogP contribution in [0.2, 0.25) is 0 Å². The molecule has 1 aliphatic heterocycles. The molecule has 0 aromatic heterocycles.